The molecule has 0 unspecified atom stereocenters. The third kappa shape index (κ3) is 5.13. The summed E-state index contributed by atoms with van der Waals surface area (Å²) in [6.07, 6.45) is -0.286. The van der Waals surface area contributed by atoms with Crippen molar-refractivity contribution in [2.24, 2.45) is 0 Å². The summed E-state index contributed by atoms with van der Waals surface area (Å²) in [6.45, 7) is 10.7. The third-order valence-corrected chi connectivity index (χ3v) is 6.46. The summed E-state index contributed by atoms with van der Waals surface area (Å²) >= 11 is 0. The predicted octanol–water partition coefficient (Wildman–Crippen LogP) is 5.75. The highest BCUT2D eigenvalue weighted by atomic mass is 19.4. The number of piperidine rings is 1. The van der Waals surface area contributed by atoms with Gasteiger partial charge in [0.25, 0.3) is 0 Å². The Morgan fingerprint density at radius 2 is 1.75 bits per heavy atom. The summed E-state index contributed by atoms with van der Waals surface area (Å²) < 4.78 is 40.8. The third-order valence-electron chi connectivity index (χ3n) is 6.46. The van der Waals surface area contributed by atoms with Crippen LogP contribution in [-0.4, -0.2) is 42.9 Å². The van der Waals surface area contributed by atoms with E-state index in [4.69, 9.17) is 6.57 Å². The molecule has 0 atom stereocenters. The molecule has 0 aromatic heterocycles. The number of benzene rings is 2. The fourth-order valence-corrected chi connectivity index (χ4v) is 4.74. The van der Waals surface area contributed by atoms with Gasteiger partial charge in [0.2, 0.25) is 0 Å². The Labute approximate surface area is 186 Å². The summed E-state index contributed by atoms with van der Waals surface area (Å²) in [5.74, 6) is -0.383. The number of ketones is 1. The molecule has 0 amide bonds. The van der Waals surface area contributed by atoms with Gasteiger partial charge in [0.05, 0.1) is 12.1 Å². The molecule has 2 heterocycles. The molecule has 7 heteroatoms. The molecule has 0 saturated carbocycles. The molecule has 2 aliphatic heterocycles. The van der Waals surface area contributed by atoms with Crippen molar-refractivity contribution in [3.8, 4) is 0 Å². The second-order valence-electron chi connectivity index (χ2n) is 8.61. The molecule has 32 heavy (non-hydrogen) atoms. The van der Waals surface area contributed by atoms with Crippen molar-refractivity contribution in [3.63, 3.8) is 0 Å². The van der Waals surface area contributed by atoms with Crippen LogP contribution < -0.4 is 4.90 Å². The second kappa shape index (κ2) is 9.33. The van der Waals surface area contributed by atoms with Crippen LogP contribution in [0.2, 0.25) is 0 Å². The summed E-state index contributed by atoms with van der Waals surface area (Å²) in [4.78, 5) is 20.7. The van der Waals surface area contributed by atoms with Gasteiger partial charge in [0.1, 0.15) is 0 Å². The number of rotatable bonds is 5. The van der Waals surface area contributed by atoms with Crippen LogP contribution >= 0.6 is 0 Å². The minimum Gasteiger partial charge on any atom is -0.371 e. The van der Waals surface area contributed by atoms with E-state index in [9.17, 15) is 18.0 Å². The van der Waals surface area contributed by atoms with E-state index in [0.717, 1.165) is 38.1 Å². The van der Waals surface area contributed by atoms with E-state index in [1.165, 1.54) is 12.8 Å². The van der Waals surface area contributed by atoms with E-state index in [2.05, 4.69) is 9.74 Å². The molecule has 0 aliphatic carbocycles. The molecule has 0 N–H and O–H groups in total. The SMILES string of the molecule is [C-]#[N+]c1cccc(CC(=O)c2cc(N3CCC(N4CCCC4)CC3)cc(C(F)(F)F)c2)c1. The maximum absolute atomic E-state index is 13.6. The highest BCUT2D eigenvalue weighted by Gasteiger charge is 2.33. The zero-order chi connectivity index (χ0) is 22.7. The molecule has 4 nitrogen and oxygen atoms in total. The summed E-state index contributed by atoms with van der Waals surface area (Å²) in [5, 5.41) is 0. The van der Waals surface area contributed by atoms with E-state index in [1.54, 1.807) is 30.3 Å². The number of likely N-dealkylation sites (tertiary alicyclic amines) is 1. The van der Waals surface area contributed by atoms with Crippen LogP contribution in [0, 0.1) is 6.57 Å². The van der Waals surface area contributed by atoms with Gasteiger partial charge in [0, 0.05) is 36.8 Å². The normalized spacial score (nSPS) is 18.0. The number of Topliss-reactive ketones (excluding diaryl/α,β-unsaturated/α-hetero) is 1. The molecular weight excluding hydrogens is 415 g/mol. The number of alkyl halides is 3. The highest BCUT2D eigenvalue weighted by Crippen LogP contribution is 2.34. The molecule has 168 valence electrons. The topological polar surface area (TPSA) is 27.9 Å². The van der Waals surface area contributed by atoms with Crippen LogP contribution in [0.15, 0.2) is 42.5 Å². The van der Waals surface area contributed by atoms with Crippen LogP contribution in [0.1, 0.15) is 47.2 Å². The summed E-state index contributed by atoms with van der Waals surface area (Å²) in [7, 11) is 0. The van der Waals surface area contributed by atoms with Crippen molar-refractivity contribution < 1.29 is 18.0 Å². The average Bonchev–Trinajstić information content (AvgIpc) is 3.33. The van der Waals surface area contributed by atoms with Crippen LogP contribution in [0.25, 0.3) is 4.85 Å². The second-order valence-corrected chi connectivity index (χ2v) is 8.61. The Bertz CT molecular complexity index is 1010. The van der Waals surface area contributed by atoms with Crippen LogP contribution in [0.5, 0.6) is 0 Å². The number of hydrogen-bond donors (Lipinski definition) is 0. The fourth-order valence-electron chi connectivity index (χ4n) is 4.74. The Morgan fingerprint density at radius 3 is 2.41 bits per heavy atom. The minimum absolute atomic E-state index is 0.0405. The van der Waals surface area contributed by atoms with Crippen LogP contribution in [0.3, 0.4) is 0 Å². The Kier molecular flexibility index (Phi) is 6.52. The van der Waals surface area contributed by atoms with Gasteiger partial charge in [0.15, 0.2) is 11.5 Å². The molecule has 2 aromatic rings. The molecular formula is C25H26F3N3O. The van der Waals surface area contributed by atoms with Crippen LogP contribution in [0.4, 0.5) is 24.5 Å². The number of anilines is 1. The molecule has 0 radical (unpaired) electrons. The molecule has 2 fully saturated rings. The van der Waals surface area contributed by atoms with Crippen molar-refractivity contribution in [2.45, 2.75) is 44.3 Å². The molecule has 2 aromatic carbocycles. The average molecular weight is 441 g/mol. The molecule has 2 saturated heterocycles. The predicted molar refractivity (Wildman–Crippen MR) is 118 cm³/mol. The van der Waals surface area contributed by atoms with Gasteiger partial charge in [-0.3, -0.25) is 4.79 Å². The smallest absolute Gasteiger partial charge is 0.371 e. The lowest BCUT2D eigenvalue weighted by atomic mass is 9.98. The number of halogens is 3. The monoisotopic (exact) mass is 441 g/mol. The first kappa shape index (κ1) is 22.3. The molecule has 2 aliphatic rings. The number of carbonyl (C=O) groups is 1. The summed E-state index contributed by atoms with van der Waals surface area (Å²) in [5.41, 5.74) is 0.743. The first-order valence-electron chi connectivity index (χ1n) is 11.0. The van der Waals surface area contributed by atoms with E-state index in [1.807, 2.05) is 4.90 Å². The van der Waals surface area contributed by atoms with Gasteiger partial charge in [-0.2, -0.15) is 13.2 Å². The van der Waals surface area contributed by atoms with E-state index in [-0.39, 0.29) is 17.8 Å². The lowest BCUT2D eigenvalue weighted by molar-refractivity contribution is -0.137. The van der Waals surface area contributed by atoms with Gasteiger partial charge in [-0.15, -0.1) is 0 Å². The van der Waals surface area contributed by atoms with Gasteiger partial charge in [-0.1, -0.05) is 29.8 Å². The van der Waals surface area contributed by atoms with E-state index in [0.29, 0.717) is 36.1 Å². The zero-order valence-corrected chi connectivity index (χ0v) is 17.9. The van der Waals surface area contributed by atoms with Crippen LogP contribution in [-0.2, 0) is 12.6 Å². The van der Waals surface area contributed by atoms with E-state index < -0.39 is 11.7 Å². The first-order valence-corrected chi connectivity index (χ1v) is 11.0. The molecule has 0 bridgehead atoms. The fraction of sp³-hybridized carbons (Fsp3) is 0.440. The highest BCUT2D eigenvalue weighted by molar-refractivity contribution is 5.98. The molecule has 0 spiro atoms. The zero-order valence-electron chi connectivity index (χ0n) is 17.9. The lowest BCUT2D eigenvalue weighted by Crippen LogP contribution is -2.44. The Hall–Kier alpha value is -2.85. The Balaban J connectivity index is 1.54. The minimum atomic E-state index is -4.52. The number of hydrogen-bond acceptors (Lipinski definition) is 3. The largest absolute Gasteiger partial charge is 0.416 e. The van der Waals surface area contributed by atoms with Gasteiger partial charge >= 0.3 is 6.18 Å². The van der Waals surface area contributed by atoms with Crippen molar-refractivity contribution in [1.29, 1.82) is 0 Å². The maximum atomic E-state index is 13.6. The van der Waals surface area contributed by atoms with Crippen molar-refractivity contribution in [2.75, 3.05) is 31.1 Å². The number of carbonyl (C=O) groups excluding carboxylic acids is 1. The van der Waals surface area contributed by atoms with Gasteiger partial charge < -0.3 is 9.80 Å². The molecule has 4 rings (SSSR count). The maximum Gasteiger partial charge on any atom is 0.416 e. The quantitative estimate of drug-likeness (QED) is 0.437. The van der Waals surface area contributed by atoms with E-state index >= 15 is 0 Å². The Morgan fingerprint density at radius 1 is 1.03 bits per heavy atom. The first-order chi connectivity index (χ1) is 15.3. The van der Waals surface area contributed by atoms with Gasteiger partial charge in [-0.05, 0) is 57.0 Å². The number of nitrogens with zero attached hydrogens (tertiary/aromatic N) is 3. The summed E-state index contributed by atoms with van der Waals surface area (Å²) in [6, 6.07) is 10.8. The van der Waals surface area contributed by atoms with Crippen molar-refractivity contribution in [3.05, 3.63) is 70.6 Å². The van der Waals surface area contributed by atoms with Gasteiger partial charge in [-0.25, -0.2) is 4.85 Å². The van der Waals surface area contributed by atoms with Crippen molar-refractivity contribution in [1.82, 2.24) is 4.90 Å². The standard InChI is InChI=1S/C25H26F3N3O/c1-29-21-6-4-5-18(13-21)14-24(32)19-15-20(25(26,27)28)17-23(16-19)31-11-7-22(8-12-31)30-9-2-3-10-30/h4-6,13,15-17,22H,2-3,7-12,14H2. The van der Waals surface area contributed by atoms with Crippen molar-refractivity contribution >= 4 is 17.2 Å². The lowest BCUT2D eigenvalue weighted by Gasteiger charge is -2.38.